The van der Waals surface area contributed by atoms with Gasteiger partial charge in [0.1, 0.15) is 0 Å². The molecule has 0 aromatic heterocycles. The predicted molar refractivity (Wildman–Crippen MR) is 81.1 cm³/mol. The number of nitrogens with two attached hydrogens (primary N) is 1. The lowest BCUT2D eigenvalue weighted by Crippen LogP contribution is -2.46. The molecule has 18 heavy (non-hydrogen) atoms. The maximum absolute atomic E-state index is 5.93. The standard InChI is InChI=1S/C14H22BrN3/c1-3-17-6-8-18(9-7-17)12-4-5-13(11(2)16)14(15)10-12/h4-5,10-11H,3,6-9,16H2,1-2H3/t11-/m0/s1. The van der Waals surface area contributed by atoms with Gasteiger partial charge in [-0.3, -0.25) is 0 Å². The van der Waals surface area contributed by atoms with Gasteiger partial charge in [0.15, 0.2) is 0 Å². The molecule has 0 spiro atoms. The van der Waals surface area contributed by atoms with E-state index in [4.69, 9.17) is 5.73 Å². The highest BCUT2D eigenvalue weighted by atomic mass is 79.9. The average molecular weight is 312 g/mol. The summed E-state index contributed by atoms with van der Waals surface area (Å²) in [5.74, 6) is 0. The topological polar surface area (TPSA) is 32.5 Å². The fourth-order valence-electron chi connectivity index (χ4n) is 2.40. The normalized spacial score (nSPS) is 19.0. The number of hydrogen-bond acceptors (Lipinski definition) is 3. The molecule has 1 aliphatic heterocycles. The van der Waals surface area contributed by atoms with Gasteiger partial charge < -0.3 is 15.5 Å². The van der Waals surface area contributed by atoms with E-state index in [1.54, 1.807) is 0 Å². The van der Waals surface area contributed by atoms with E-state index in [0.29, 0.717) is 0 Å². The quantitative estimate of drug-likeness (QED) is 0.931. The molecule has 1 aromatic carbocycles. The van der Waals surface area contributed by atoms with Gasteiger partial charge in [-0.1, -0.05) is 28.9 Å². The fourth-order valence-corrected chi connectivity index (χ4v) is 3.13. The van der Waals surface area contributed by atoms with E-state index >= 15 is 0 Å². The molecule has 0 radical (unpaired) electrons. The zero-order chi connectivity index (χ0) is 13.1. The molecule has 1 saturated heterocycles. The summed E-state index contributed by atoms with van der Waals surface area (Å²) < 4.78 is 1.12. The monoisotopic (exact) mass is 311 g/mol. The minimum atomic E-state index is 0.0744. The van der Waals surface area contributed by atoms with Gasteiger partial charge >= 0.3 is 0 Å². The molecule has 0 amide bonds. The SMILES string of the molecule is CCN1CCN(c2ccc([C@H](C)N)c(Br)c2)CC1. The van der Waals surface area contributed by atoms with Crippen LogP contribution in [0, 0.1) is 0 Å². The molecule has 2 rings (SSSR count). The molecule has 1 heterocycles. The summed E-state index contributed by atoms with van der Waals surface area (Å²) in [5.41, 5.74) is 8.39. The smallest absolute Gasteiger partial charge is 0.0378 e. The second kappa shape index (κ2) is 6.04. The molecule has 1 aliphatic rings. The van der Waals surface area contributed by atoms with Crippen LogP contribution in [0.15, 0.2) is 22.7 Å². The molecule has 0 aliphatic carbocycles. The van der Waals surface area contributed by atoms with Gasteiger partial charge in [-0.2, -0.15) is 0 Å². The van der Waals surface area contributed by atoms with Crippen molar-refractivity contribution in [1.82, 2.24) is 4.90 Å². The Kier molecular flexibility index (Phi) is 4.65. The third kappa shape index (κ3) is 3.05. The Morgan fingerprint density at radius 3 is 2.44 bits per heavy atom. The van der Waals surface area contributed by atoms with Gasteiger partial charge in [-0.05, 0) is 31.2 Å². The Hall–Kier alpha value is -0.580. The summed E-state index contributed by atoms with van der Waals surface area (Å²) in [6.45, 7) is 9.92. The average Bonchev–Trinajstić information content (AvgIpc) is 2.38. The first-order chi connectivity index (χ1) is 8.61. The van der Waals surface area contributed by atoms with Crippen molar-refractivity contribution in [3.8, 4) is 0 Å². The van der Waals surface area contributed by atoms with Gasteiger partial charge in [0.25, 0.3) is 0 Å². The van der Waals surface area contributed by atoms with Crippen molar-refractivity contribution >= 4 is 21.6 Å². The van der Waals surface area contributed by atoms with Gasteiger partial charge in [0.2, 0.25) is 0 Å². The highest BCUT2D eigenvalue weighted by Crippen LogP contribution is 2.27. The first kappa shape index (κ1) is 13.8. The number of halogens is 1. The molecule has 2 N–H and O–H groups in total. The third-order valence-electron chi connectivity index (χ3n) is 3.66. The number of likely N-dealkylation sites (N-methyl/N-ethyl adjacent to an activating group) is 1. The van der Waals surface area contributed by atoms with Crippen molar-refractivity contribution < 1.29 is 0 Å². The van der Waals surface area contributed by atoms with Crippen LogP contribution in [-0.4, -0.2) is 37.6 Å². The van der Waals surface area contributed by atoms with E-state index in [2.05, 4.69) is 50.9 Å². The highest BCUT2D eigenvalue weighted by molar-refractivity contribution is 9.10. The lowest BCUT2D eigenvalue weighted by atomic mass is 10.1. The van der Waals surface area contributed by atoms with Gasteiger partial charge in [0.05, 0.1) is 0 Å². The third-order valence-corrected chi connectivity index (χ3v) is 4.35. The summed E-state index contributed by atoms with van der Waals surface area (Å²) in [7, 11) is 0. The zero-order valence-corrected chi connectivity index (χ0v) is 12.8. The molecule has 3 nitrogen and oxygen atoms in total. The molecule has 100 valence electrons. The molecule has 0 unspecified atom stereocenters. The highest BCUT2D eigenvalue weighted by Gasteiger charge is 2.16. The van der Waals surface area contributed by atoms with Crippen LogP contribution in [0.2, 0.25) is 0 Å². The first-order valence-electron chi connectivity index (χ1n) is 6.64. The van der Waals surface area contributed by atoms with E-state index in [9.17, 15) is 0 Å². The van der Waals surface area contributed by atoms with Crippen molar-refractivity contribution in [2.45, 2.75) is 19.9 Å². The van der Waals surface area contributed by atoms with Crippen molar-refractivity contribution in [2.75, 3.05) is 37.6 Å². The molecule has 1 atom stereocenters. The summed E-state index contributed by atoms with van der Waals surface area (Å²) in [6, 6.07) is 6.59. The first-order valence-corrected chi connectivity index (χ1v) is 7.43. The summed E-state index contributed by atoms with van der Waals surface area (Å²) >= 11 is 3.62. The van der Waals surface area contributed by atoms with Crippen molar-refractivity contribution in [1.29, 1.82) is 0 Å². The van der Waals surface area contributed by atoms with Crippen molar-refractivity contribution in [3.63, 3.8) is 0 Å². The van der Waals surface area contributed by atoms with Crippen LogP contribution in [0.3, 0.4) is 0 Å². The fraction of sp³-hybridized carbons (Fsp3) is 0.571. The molecule has 4 heteroatoms. The van der Waals surface area contributed by atoms with Crippen LogP contribution in [-0.2, 0) is 0 Å². The number of benzene rings is 1. The number of nitrogens with zero attached hydrogens (tertiary/aromatic N) is 2. The van der Waals surface area contributed by atoms with Crippen molar-refractivity contribution in [3.05, 3.63) is 28.2 Å². The van der Waals surface area contributed by atoms with Gasteiger partial charge in [-0.25, -0.2) is 0 Å². The van der Waals surface area contributed by atoms with E-state index in [1.807, 2.05) is 6.92 Å². The van der Waals surface area contributed by atoms with E-state index < -0.39 is 0 Å². The van der Waals surface area contributed by atoms with Crippen LogP contribution >= 0.6 is 15.9 Å². The Bertz CT molecular complexity index is 398. The van der Waals surface area contributed by atoms with E-state index in [0.717, 1.165) is 37.2 Å². The maximum atomic E-state index is 5.93. The second-order valence-corrected chi connectivity index (χ2v) is 5.77. The maximum Gasteiger partial charge on any atom is 0.0378 e. The summed E-state index contributed by atoms with van der Waals surface area (Å²) in [4.78, 5) is 4.93. The largest absolute Gasteiger partial charge is 0.369 e. The number of rotatable bonds is 3. The minimum Gasteiger partial charge on any atom is -0.369 e. The predicted octanol–water partition coefficient (Wildman–Crippen LogP) is 2.61. The number of piperazine rings is 1. The Morgan fingerprint density at radius 1 is 1.28 bits per heavy atom. The van der Waals surface area contributed by atoms with Crippen molar-refractivity contribution in [2.24, 2.45) is 5.73 Å². The lowest BCUT2D eigenvalue weighted by molar-refractivity contribution is 0.271. The van der Waals surface area contributed by atoms with Gasteiger partial charge in [-0.15, -0.1) is 0 Å². The second-order valence-electron chi connectivity index (χ2n) is 4.92. The Labute approximate surface area is 118 Å². The summed E-state index contributed by atoms with van der Waals surface area (Å²) in [5, 5.41) is 0. The number of anilines is 1. The van der Waals surface area contributed by atoms with Gasteiger partial charge in [0, 0.05) is 42.4 Å². The molecule has 0 bridgehead atoms. The Morgan fingerprint density at radius 2 is 1.94 bits per heavy atom. The molecular formula is C14H22BrN3. The molecular weight excluding hydrogens is 290 g/mol. The lowest BCUT2D eigenvalue weighted by Gasteiger charge is -2.35. The minimum absolute atomic E-state index is 0.0744. The zero-order valence-electron chi connectivity index (χ0n) is 11.2. The van der Waals surface area contributed by atoms with Crippen LogP contribution in [0.1, 0.15) is 25.5 Å². The molecule has 1 aromatic rings. The Balaban J connectivity index is 2.08. The van der Waals surface area contributed by atoms with Crippen LogP contribution in [0.25, 0.3) is 0 Å². The van der Waals surface area contributed by atoms with E-state index in [-0.39, 0.29) is 6.04 Å². The van der Waals surface area contributed by atoms with Crippen LogP contribution in [0.4, 0.5) is 5.69 Å². The van der Waals surface area contributed by atoms with Crippen LogP contribution < -0.4 is 10.6 Å². The molecule has 0 saturated carbocycles. The number of hydrogen-bond donors (Lipinski definition) is 1. The summed E-state index contributed by atoms with van der Waals surface area (Å²) in [6.07, 6.45) is 0. The molecule has 1 fully saturated rings. The van der Waals surface area contributed by atoms with E-state index in [1.165, 1.54) is 11.3 Å². The van der Waals surface area contributed by atoms with Crippen LogP contribution in [0.5, 0.6) is 0 Å².